The van der Waals surface area contributed by atoms with Crippen molar-refractivity contribution >= 4 is 34.1 Å². The van der Waals surface area contributed by atoms with Gasteiger partial charge in [0.25, 0.3) is 11.8 Å². The van der Waals surface area contributed by atoms with Crippen LogP contribution in [0.1, 0.15) is 19.3 Å². The van der Waals surface area contributed by atoms with Gasteiger partial charge in [-0.25, -0.2) is 0 Å². The fourth-order valence-corrected chi connectivity index (χ4v) is 3.98. The highest BCUT2D eigenvalue weighted by Crippen LogP contribution is 2.34. The van der Waals surface area contributed by atoms with Crippen molar-refractivity contribution in [1.29, 1.82) is 0 Å². The molecule has 0 aliphatic carbocycles. The highest BCUT2D eigenvalue weighted by molar-refractivity contribution is 6.33. The second-order valence-corrected chi connectivity index (χ2v) is 7.41. The van der Waals surface area contributed by atoms with Gasteiger partial charge in [0.2, 0.25) is 0 Å². The Hall–Kier alpha value is -4.12. The molecule has 0 atom stereocenters. The molecular weight excluding hydrogens is 398 g/mol. The molecule has 1 aliphatic heterocycles. The first kappa shape index (κ1) is 14.8. The van der Waals surface area contributed by atoms with Crippen molar-refractivity contribution in [2.24, 2.45) is 0 Å². The van der Waals surface area contributed by atoms with Gasteiger partial charge >= 0.3 is 0 Å². The summed E-state index contributed by atoms with van der Waals surface area (Å²) < 4.78 is 42.8. The highest BCUT2D eigenvalue weighted by atomic mass is 16.2. The SMILES string of the molecule is [2H]C([2H])([2H])C([2H])([2H])N(C1=C(n2ccc3ccccc32)C(=O)N(Cc2ccccc2)C1=O)c1ccccc1. The third-order valence-electron chi connectivity index (χ3n) is 5.49. The number of para-hydroxylation sites is 2. The van der Waals surface area contributed by atoms with Crippen molar-refractivity contribution < 1.29 is 16.4 Å². The van der Waals surface area contributed by atoms with Gasteiger partial charge in [0.15, 0.2) is 0 Å². The van der Waals surface area contributed by atoms with Gasteiger partial charge in [0.05, 0.1) is 12.1 Å². The number of likely N-dealkylation sites (N-methyl/N-ethyl adjacent to an activating group) is 1. The Labute approximate surface area is 193 Å². The number of rotatable bonds is 6. The third-order valence-corrected chi connectivity index (χ3v) is 5.49. The fourth-order valence-electron chi connectivity index (χ4n) is 3.98. The number of amides is 2. The number of hydrogen-bond donors (Lipinski definition) is 0. The zero-order chi connectivity index (χ0) is 26.4. The molecule has 4 aromatic rings. The second-order valence-electron chi connectivity index (χ2n) is 7.41. The quantitative estimate of drug-likeness (QED) is 0.412. The van der Waals surface area contributed by atoms with Crippen LogP contribution in [-0.2, 0) is 16.1 Å². The van der Waals surface area contributed by atoms with Gasteiger partial charge in [-0.1, -0.05) is 66.7 Å². The van der Waals surface area contributed by atoms with E-state index in [2.05, 4.69) is 0 Å². The Balaban J connectivity index is 1.78. The van der Waals surface area contributed by atoms with Gasteiger partial charge in [-0.15, -0.1) is 0 Å². The van der Waals surface area contributed by atoms with E-state index in [0.717, 1.165) is 15.2 Å². The predicted molar refractivity (Wildman–Crippen MR) is 127 cm³/mol. The average molecular weight is 427 g/mol. The summed E-state index contributed by atoms with van der Waals surface area (Å²) in [4.78, 5) is 29.8. The monoisotopic (exact) mass is 426 g/mol. The molecule has 0 unspecified atom stereocenters. The lowest BCUT2D eigenvalue weighted by Gasteiger charge is -2.24. The Morgan fingerprint density at radius 1 is 0.844 bits per heavy atom. The van der Waals surface area contributed by atoms with Gasteiger partial charge in [0, 0.05) is 25.2 Å². The molecule has 1 aromatic heterocycles. The predicted octanol–water partition coefficient (Wildman–Crippen LogP) is 4.91. The van der Waals surface area contributed by atoms with E-state index < -0.39 is 25.2 Å². The minimum Gasteiger partial charge on any atom is -0.335 e. The molecule has 2 amide bonds. The molecule has 5 nitrogen and oxygen atoms in total. The number of anilines is 1. The summed E-state index contributed by atoms with van der Waals surface area (Å²) in [6, 6.07) is 26.0. The van der Waals surface area contributed by atoms with Gasteiger partial charge in [-0.3, -0.25) is 14.5 Å². The van der Waals surface area contributed by atoms with Crippen LogP contribution < -0.4 is 4.90 Å². The molecule has 0 fully saturated rings. The summed E-state index contributed by atoms with van der Waals surface area (Å²) in [6.45, 7) is -6.21. The first-order valence-electron chi connectivity index (χ1n) is 12.7. The Morgan fingerprint density at radius 3 is 2.28 bits per heavy atom. The summed E-state index contributed by atoms with van der Waals surface area (Å²) in [5.41, 5.74) is 1.01. The maximum atomic E-state index is 14.0. The Morgan fingerprint density at radius 2 is 1.53 bits per heavy atom. The number of hydrogen-bond acceptors (Lipinski definition) is 3. The number of carbonyl (C=O) groups excluding carboxylic acids is 2. The Bertz CT molecular complexity index is 1510. The molecule has 0 saturated heterocycles. The molecule has 2 heterocycles. The van der Waals surface area contributed by atoms with E-state index in [9.17, 15) is 9.59 Å². The van der Waals surface area contributed by atoms with Crippen molar-refractivity contribution in [1.82, 2.24) is 9.47 Å². The minimum absolute atomic E-state index is 0.0515. The maximum absolute atomic E-state index is 14.0. The summed E-state index contributed by atoms with van der Waals surface area (Å²) in [6.07, 6.45) is 1.63. The molecule has 158 valence electrons. The normalized spacial score (nSPS) is 17.1. The zero-order valence-electron chi connectivity index (χ0n) is 22.1. The summed E-state index contributed by atoms with van der Waals surface area (Å²) in [5.74, 6) is -1.42. The van der Waals surface area contributed by atoms with Crippen molar-refractivity contribution in [3.8, 4) is 0 Å². The van der Waals surface area contributed by atoms with Gasteiger partial charge in [-0.05, 0) is 42.1 Å². The van der Waals surface area contributed by atoms with E-state index in [1.807, 2.05) is 18.2 Å². The molecule has 5 heteroatoms. The van der Waals surface area contributed by atoms with Crippen LogP contribution in [0.3, 0.4) is 0 Å². The first-order chi connectivity index (χ1) is 17.6. The third kappa shape index (κ3) is 3.28. The zero-order valence-corrected chi connectivity index (χ0v) is 17.1. The van der Waals surface area contributed by atoms with Gasteiger partial charge < -0.3 is 9.47 Å². The summed E-state index contributed by atoms with van der Waals surface area (Å²) in [5, 5.41) is 0.807. The van der Waals surface area contributed by atoms with E-state index in [0.29, 0.717) is 11.1 Å². The van der Waals surface area contributed by atoms with Crippen LogP contribution in [-0.4, -0.2) is 27.8 Å². The highest BCUT2D eigenvalue weighted by Gasteiger charge is 2.42. The van der Waals surface area contributed by atoms with Crippen molar-refractivity contribution in [2.75, 3.05) is 11.4 Å². The lowest BCUT2D eigenvalue weighted by atomic mass is 10.2. The maximum Gasteiger partial charge on any atom is 0.280 e. The average Bonchev–Trinajstić information content (AvgIpc) is 3.39. The molecule has 0 spiro atoms. The fraction of sp³-hybridized carbons (Fsp3) is 0.111. The van der Waals surface area contributed by atoms with E-state index in [-0.39, 0.29) is 23.6 Å². The first-order valence-corrected chi connectivity index (χ1v) is 10.2. The number of benzene rings is 3. The van der Waals surface area contributed by atoms with Crippen LogP contribution in [0.4, 0.5) is 5.69 Å². The van der Waals surface area contributed by atoms with E-state index in [1.165, 1.54) is 16.7 Å². The molecule has 0 N–H and O–H groups in total. The number of fused-ring (bicyclic) bond motifs is 1. The molecule has 5 rings (SSSR count). The minimum atomic E-state index is -3.14. The van der Waals surface area contributed by atoms with Crippen LogP contribution in [0, 0.1) is 0 Å². The van der Waals surface area contributed by atoms with Gasteiger partial charge in [-0.2, -0.15) is 0 Å². The van der Waals surface area contributed by atoms with Crippen molar-refractivity contribution in [3.63, 3.8) is 0 Å². The molecule has 3 aromatic carbocycles. The van der Waals surface area contributed by atoms with Crippen molar-refractivity contribution in [3.05, 3.63) is 108 Å². The number of carbonyl (C=O) groups is 2. The second kappa shape index (κ2) is 8.19. The number of imide groups is 1. The number of aromatic nitrogens is 1. The van der Waals surface area contributed by atoms with E-state index in [4.69, 9.17) is 6.85 Å². The van der Waals surface area contributed by atoms with Gasteiger partial charge in [0.1, 0.15) is 11.4 Å². The van der Waals surface area contributed by atoms with Crippen LogP contribution in [0.5, 0.6) is 0 Å². The van der Waals surface area contributed by atoms with Crippen LogP contribution in [0.2, 0.25) is 0 Å². The molecular formula is C27H23N3O2. The summed E-state index contributed by atoms with van der Waals surface area (Å²) >= 11 is 0. The molecule has 32 heavy (non-hydrogen) atoms. The van der Waals surface area contributed by atoms with Crippen LogP contribution in [0.15, 0.2) is 103 Å². The largest absolute Gasteiger partial charge is 0.335 e. The lowest BCUT2D eigenvalue weighted by molar-refractivity contribution is -0.137. The molecule has 0 saturated carbocycles. The number of nitrogens with zero attached hydrogens (tertiary/aromatic N) is 3. The standard InChI is InChI=1S/C27H23N3O2/c1-2-28(22-14-7-4-8-15-22)24-25(29-18-17-21-13-9-10-16-23(21)29)27(32)30(26(24)31)19-20-11-5-3-6-12-20/h3-18H,2,19H2,1H3/i1D3,2D2. The smallest absolute Gasteiger partial charge is 0.280 e. The Kier molecular flexibility index (Phi) is 3.79. The van der Waals surface area contributed by atoms with Crippen LogP contribution >= 0.6 is 0 Å². The van der Waals surface area contributed by atoms with E-state index in [1.54, 1.807) is 66.9 Å². The van der Waals surface area contributed by atoms with Crippen molar-refractivity contribution in [2.45, 2.75) is 13.4 Å². The van der Waals surface area contributed by atoms with Crippen LogP contribution in [0.25, 0.3) is 16.6 Å². The molecule has 1 aliphatic rings. The van der Waals surface area contributed by atoms with E-state index >= 15 is 0 Å². The lowest BCUT2D eigenvalue weighted by Crippen LogP contribution is -2.34. The molecule has 0 radical (unpaired) electrons. The molecule has 0 bridgehead atoms. The topological polar surface area (TPSA) is 45.6 Å². The summed E-state index contributed by atoms with van der Waals surface area (Å²) in [7, 11) is 0.